The highest BCUT2D eigenvalue weighted by atomic mass is 16.3. The van der Waals surface area contributed by atoms with Crippen LogP contribution in [0.5, 0.6) is 0 Å². The van der Waals surface area contributed by atoms with Gasteiger partial charge in [-0.3, -0.25) is 4.68 Å². The number of aryl methyl sites for hydroxylation is 1. The lowest BCUT2D eigenvalue weighted by molar-refractivity contribution is 0.226. The number of aromatic nitrogens is 2. The Kier molecular flexibility index (Phi) is 3.61. The molecule has 4 heteroatoms. The van der Waals surface area contributed by atoms with Gasteiger partial charge in [0.2, 0.25) is 0 Å². The second-order valence-corrected chi connectivity index (χ2v) is 4.70. The van der Waals surface area contributed by atoms with E-state index in [0.29, 0.717) is 6.04 Å². The summed E-state index contributed by atoms with van der Waals surface area (Å²) >= 11 is 0. The fourth-order valence-electron chi connectivity index (χ4n) is 2.22. The van der Waals surface area contributed by atoms with Crippen molar-refractivity contribution in [2.75, 3.05) is 6.61 Å². The Morgan fingerprint density at radius 2 is 2.38 bits per heavy atom. The molecule has 0 saturated heterocycles. The number of aliphatic hydroxyl groups is 1. The molecular formula is C12H21N3O. The van der Waals surface area contributed by atoms with E-state index in [4.69, 9.17) is 0 Å². The molecule has 1 aliphatic rings. The first-order valence-electron chi connectivity index (χ1n) is 6.10. The molecule has 1 heterocycles. The Hall–Kier alpha value is -0.870. The average molecular weight is 223 g/mol. The van der Waals surface area contributed by atoms with Crippen molar-refractivity contribution in [2.45, 2.75) is 38.3 Å². The third-order valence-electron chi connectivity index (χ3n) is 3.36. The monoisotopic (exact) mass is 223 g/mol. The zero-order valence-electron chi connectivity index (χ0n) is 10.1. The van der Waals surface area contributed by atoms with Crippen molar-refractivity contribution in [3.63, 3.8) is 0 Å². The van der Waals surface area contributed by atoms with Crippen LogP contribution >= 0.6 is 0 Å². The highest BCUT2D eigenvalue weighted by Gasteiger charge is 2.31. The predicted octanol–water partition coefficient (Wildman–Crippen LogP) is 1.23. The van der Waals surface area contributed by atoms with Crippen molar-refractivity contribution in [2.24, 2.45) is 13.0 Å². The highest BCUT2D eigenvalue weighted by molar-refractivity contribution is 5.11. The first kappa shape index (κ1) is 11.6. The van der Waals surface area contributed by atoms with Crippen LogP contribution in [0.25, 0.3) is 0 Å². The summed E-state index contributed by atoms with van der Waals surface area (Å²) < 4.78 is 1.78. The van der Waals surface area contributed by atoms with Crippen LogP contribution in [-0.4, -0.2) is 27.5 Å². The summed E-state index contributed by atoms with van der Waals surface area (Å²) in [5.41, 5.74) is 1.07. The molecule has 1 aliphatic carbocycles. The minimum absolute atomic E-state index is 0.0271. The lowest BCUT2D eigenvalue weighted by atomic mass is 10.1. The number of nitrogens with zero attached hydrogens (tertiary/aromatic N) is 2. The van der Waals surface area contributed by atoms with Crippen molar-refractivity contribution >= 4 is 0 Å². The van der Waals surface area contributed by atoms with E-state index in [2.05, 4.69) is 17.3 Å². The Labute approximate surface area is 96.7 Å². The molecule has 0 spiro atoms. The molecule has 2 atom stereocenters. The van der Waals surface area contributed by atoms with Gasteiger partial charge in [0.05, 0.1) is 18.8 Å². The normalized spacial score (nSPS) is 19.7. The van der Waals surface area contributed by atoms with Gasteiger partial charge in [-0.05, 0) is 25.2 Å². The quantitative estimate of drug-likeness (QED) is 0.762. The van der Waals surface area contributed by atoms with E-state index in [1.54, 1.807) is 4.68 Å². The van der Waals surface area contributed by atoms with E-state index >= 15 is 0 Å². The number of aliphatic hydroxyl groups excluding tert-OH is 1. The lowest BCUT2D eigenvalue weighted by Gasteiger charge is -2.22. The molecule has 0 aromatic carbocycles. The van der Waals surface area contributed by atoms with Crippen LogP contribution in [0.1, 0.15) is 37.8 Å². The topological polar surface area (TPSA) is 50.1 Å². The molecule has 1 fully saturated rings. The zero-order valence-corrected chi connectivity index (χ0v) is 10.1. The Balaban J connectivity index is 1.98. The van der Waals surface area contributed by atoms with Crippen molar-refractivity contribution < 1.29 is 5.11 Å². The van der Waals surface area contributed by atoms with Crippen LogP contribution in [0.4, 0.5) is 0 Å². The summed E-state index contributed by atoms with van der Waals surface area (Å²) in [5.74, 6) is 0.815. The third-order valence-corrected chi connectivity index (χ3v) is 3.36. The number of rotatable bonds is 6. The van der Waals surface area contributed by atoms with E-state index in [1.807, 2.05) is 19.4 Å². The van der Waals surface area contributed by atoms with Crippen LogP contribution in [0.2, 0.25) is 0 Å². The molecule has 1 aromatic rings. The van der Waals surface area contributed by atoms with Crippen LogP contribution < -0.4 is 5.32 Å². The summed E-state index contributed by atoms with van der Waals surface area (Å²) in [4.78, 5) is 0. The fourth-order valence-corrected chi connectivity index (χ4v) is 2.22. The molecule has 1 saturated carbocycles. The molecule has 2 N–H and O–H groups in total. The lowest BCUT2D eigenvalue weighted by Crippen LogP contribution is -2.35. The fraction of sp³-hybridized carbons (Fsp3) is 0.750. The maximum Gasteiger partial charge on any atom is 0.0627 e. The first-order valence-corrected chi connectivity index (χ1v) is 6.10. The highest BCUT2D eigenvalue weighted by Crippen LogP contribution is 2.35. The second kappa shape index (κ2) is 4.97. The van der Waals surface area contributed by atoms with Gasteiger partial charge in [-0.1, -0.05) is 6.92 Å². The number of hydrogen-bond donors (Lipinski definition) is 2. The van der Waals surface area contributed by atoms with Crippen molar-refractivity contribution in [3.05, 3.63) is 18.0 Å². The van der Waals surface area contributed by atoms with Gasteiger partial charge in [-0.15, -0.1) is 0 Å². The van der Waals surface area contributed by atoms with Crippen LogP contribution in [0, 0.1) is 5.92 Å². The van der Waals surface area contributed by atoms with Crippen LogP contribution in [0.15, 0.2) is 12.4 Å². The standard InChI is InChI=1S/C12H21N3O/c1-3-11(9-4-5-9)14-12(8-16)10-6-13-15(2)7-10/h6-7,9,11-12,14,16H,3-5,8H2,1-2H3. The van der Waals surface area contributed by atoms with Gasteiger partial charge in [-0.2, -0.15) is 5.10 Å². The van der Waals surface area contributed by atoms with E-state index in [1.165, 1.54) is 12.8 Å². The molecule has 4 nitrogen and oxygen atoms in total. The smallest absolute Gasteiger partial charge is 0.0627 e. The maximum absolute atomic E-state index is 9.44. The van der Waals surface area contributed by atoms with Crippen LogP contribution in [0.3, 0.4) is 0 Å². The number of hydrogen-bond acceptors (Lipinski definition) is 3. The maximum atomic E-state index is 9.44. The van der Waals surface area contributed by atoms with Gasteiger partial charge >= 0.3 is 0 Å². The average Bonchev–Trinajstić information content (AvgIpc) is 3.03. The molecule has 1 aromatic heterocycles. The molecule has 2 unspecified atom stereocenters. The number of nitrogens with one attached hydrogen (secondary N) is 1. The van der Waals surface area contributed by atoms with E-state index < -0.39 is 0 Å². The molecule has 2 rings (SSSR count). The Bertz CT molecular complexity index is 333. The predicted molar refractivity (Wildman–Crippen MR) is 63.0 cm³/mol. The van der Waals surface area contributed by atoms with Gasteiger partial charge in [-0.25, -0.2) is 0 Å². The minimum Gasteiger partial charge on any atom is -0.394 e. The van der Waals surface area contributed by atoms with Crippen molar-refractivity contribution in [1.29, 1.82) is 0 Å². The molecule has 0 aliphatic heterocycles. The molecule has 0 amide bonds. The summed E-state index contributed by atoms with van der Waals surface area (Å²) in [5, 5.41) is 17.1. The Morgan fingerprint density at radius 1 is 1.62 bits per heavy atom. The molecule has 16 heavy (non-hydrogen) atoms. The van der Waals surface area contributed by atoms with Gasteiger partial charge in [0, 0.05) is 24.8 Å². The zero-order chi connectivity index (χ0) is 11.5. The van der Waals surface area contributed by atoms with Gasteiger partial charge in [0.15, 0.2) is 0 Å². The first-order chi connectivity index (χ1) is 7.74. The summed E-state index contributed by atoms with van der Waals surface area (Å²) in [6.45, 7) is 2.34. The second-order valence-electron chi connectivity index (χ2n) is 4.70. The molecular weight excluding hydrogens is 202 g/mol. The SMILES string of the molecule is CCC(NC(CO)c1cnn(C)c1)C1CC1. The summed E-state index contributed by atoms with van der Waals surface area (Å²) in [6.07, 6.45) is 7.58. The molecule has 0 radical (unpaired) electrons. The van der Waals surface area contributed by atoms with E-state index in [0.717, 1.165) is 17.9 Å². The largest absolute Gasteiger partial charge is 0.394 e. The molecule has 90 valence electrons. The van der Waals surface area contributed by atoms with E-state index in [9.17, 15) is 5.11 Å². The third kappa shape index (κ3) is 2.62. The summed E-state index contributed by atoms with van der Waals surface area (Å²) in [6, 6.07) is 0.566. The van der Waals surface area contributed by atoms with Gasteiger partial charge in [0.1, 0.15) is 0 Å². The minimum atomic E-state index is 0.0271. The molecule has 0 bridgehead atoms. The van der Waals surface area contributed by atoms with Crippen molar-refractivity contribution in [1.82, 2.24) is 15.1 Å². The van der Waals surface area contributed by atoms with Gasteiger partial charge < -0.3 is 10.4 Å². The van der Waals surface area contributed by atoms with Crippen molar-refractivity contribution in [3.8, 4) is 0 Å². The van der Waals surface area contributed by atoms with Crippen LogP contribution in [-0.2, 0) is 7.05 Å². The van der Waals surface area contributed by atoms with Gasteiger partial charge in [0.25, 0.3) is 0 Å². The van der Waals surface area contributed by atoms with E-state index in [-0.39, 0.29) is 12.6 Å². The summed E-state index contributed by atoms with van der Waals surface area (Å²) in [7, 11) is 1.90. The Morgan fingerprint density at radius 3 is 2.81 bits per heavy atom.